The van der Waals surface area contributed by atoms with Gasteiger partial charge in [-0.1, -0.05) is 18.2 Å². The summed E-state index contributed by atoms with van der Waals surface area (Å²) >= 11 is 1.32. The maximum atomic E-state index is 11.5. The van der Waals surface area contributed by atoms with Gasteiger partial charge in [0.25, 0.3) is 0 Å². The number of hydrogen-bond acceptors (Lipinski definition) is 5. The van der Waals surface area contributed by atoms with Crippen molar-refractivity contribution in [1.82, 2.24) is 4.90 Å². The molecule has 5 nitrogen and oxygen atoms in total. The van der Waals surface area contributed by atoms with Crippen LogP contribution in [0.25, 0.3) is 10.1 Å². The number of thiophene rings is 1. The molecule has 1 aromatic heterocycles. The molecule has 112 valence electrons. The third-order valence-corrected chi connectivity index (χ3v) is 4.90. The third kappa shape index (κ3) is 2.94. The van der Waals surface area contributed by atoms with Gasteiger partial charge in [-0.05, 0) is 17.0 Å². The standard InChI is InChI=1S/C15H17NO4S/c17-9-10-7-16(5-6-20-10)8-12-11-3-1-2-4-13(11)21-14(12)15(18)19/h1-4,10,17H,5-9H2,(H,18,19). The number of aliphatic hydroxyl groups excluding tert-OH is 1. The zero-order valence-corrected chi connectivity index (χ0v) is 12.3. The number of aromatic carboxylic acids is 1. The molecule has 1 aliphatic rings. The topological polar surface area (TPSA) is 70.0 Å². The quantitative estimate of drug-likeness (QED) is 0.901. The molecule has 1 fully saturated rings. The van der Waals surface area contributed by atoms with Crippen molar-refractivity contribution in [2.45, 2.75) is 12.6 Å². The van der Waals surface area contributed by atoms with Gasteiger partial charge in [-0.15, -0.1) is 11.3 Å². The molecule has 1 aliphatic heterocycles. The minimum atomic E-state index is -0.877. The highest BCUT2D eigenvalue weighted by atomic mass is 32.1. The van der Waals surface area contributed by atoms with Gasteiger partial charge in [0.05, 0.1) is 19.3 Å². The number of carbonyl (C=O) groups is 1. The van der Waals surface area contributed by atoms with Crippen molar-refractivity contribution in [2.75, 3.05) is 26.3 Å². The molecule has 1 unspecified atom stereocenters. The number of fused-ring (bicyclic) bond motifs is 1. The molecule has 21 heavy (non-hydrogen) atoms. The zero-order valence-electron chi connectivity index (χ0n) is 11.5. The number of ether oxygens (including phenoxy) is 1. The van der Waals surface area contributed by atoms with Gasteiger partial charge >= 0.3 is 5.97 Å². The largest absolute Gasteiger partial charge is 0.477 e. The number of aliphatic hydroxyl groups is 1. The van der Waals surface area contributed by atoms with Crippen molar-refractivity contribution in [3.63, 3.8) is 0 Å². The minimum Gasteiger partial charge on any atom is -0.477 e. The van der Waals surface area contributed by atoms with Gasteiger partial charge in [0, 0.05) is 24.3 Å². The number of rotatable bonds is 4. The van der Waals surface area contributed by atoms with E-state index in [4.69, 9.17) is 4.74 Å². The highest BCUT2D eigenvalue weighted by Crippen LogP contribution is 2.32. The zero-order chi connectivity index (χ0) is 14.8. The van der Waals surface area contributed by atoms with E-state index < -0.39 is 5.97 Å². The molecule has 0 amide bonds. The summed E-state index contributed by atoms with van der Waals surface area (Å²) in [7, 11) is 0. The number of hydrogen-bond donors (Lipinski definition) is 2. The van der Waals surface area contributed by atoms with Crippen molar-refractivity contribution in [1.29, 1.82) is 0 Å². The van der Waals surface area contributed by atoms with Crippen LogP contribution in [0.15, 0.2) is 24.3 Å². The van der Waals surface area contributed by atoms with Crippen LogP contribution in [0.1, 0.15) is 15.2 Å². The Kier molecular flexibility index (Phi) is 4.21. The number of carboxylic acid groups (broad SMARTS) is 1. The fourth-order valence-electron chi connectivity index (χ4n) is 2.69. The van der Waals surface area contributed by atoms with E-state index in [1.807, 2.05) is 24.3 Å². The van der Waals surface area contributed by atoms with Crippen molar-refractivity contribution >= 4 is 27.4 Å². The van der Waals surface area contributed by atoms with E-state index in [9.17, 15) is 15.0 Å². The first-order chi connectivity index (χ1) is 10.2. The van der Waals surface area contributed by atoms with Crippen LogP contribution in [0.2, 0.25) is 0 Å². The van der Waals surface area contributed by atoms with Gasteiger partial charge < -0.3 is 14.9 Å². The summed E-state index contributed by atoms with van der Waals surface area (Å²) in [6, 6.07) is 7.77. The van der Waals surface area contributed by atoms with E-state index >= 15 is 0 Å². The van der Waals surface area contributed by atoms with Crippen molar-refractivity contribution in [3.8, 4) is 0 Å². The van der Waals surface area contributed by atoms with Crippen LogP contribution in [-0.4, -0.2) is 53.5 Å². The Hall–Kier alpha value is -1.47. The van der Waals surface area contributed by atoms with Crippen LogP contribution >= 0.6 is 11.3 Å². The molecule has 0 bridgehead atoms. The second-order valence-corrected chi connectivity index (χ2v) is 6.17. The normalized spacial score (nSPS) is 20.0. The van der Waals surface area contributed by atoms with E-state index in [0.29, 0.717) is 24.6 Å². The van der Waals surface area contributed by atoms with Crippen LogP contribution in [0.5, 0.6) is 0 Å². The summed E-state index contributed by atoms with van der Waals surface area (Å²) in [5, 5.41) is 19.6. The predicted molar refractivity (Wildman–Crippen MR) is 80.9 cm³/mol. The molecule has 2 N–H and O–H groups in total. The lowest BCUT2D eigenvalue weighted by Gasteiger charge is -2.32. The van der Waals surface area contributed by atoms with Gasteiger partial charge in [-0.3, -0.25) is 4.90 Å². The van der Waals surface area contributed by atoms with Crippen LogP contribution in [-0.2, 0) is 11.3 Å². The summed E-state index contributed by atoms with van der Waals surface area (Å²) in [6.07, 6.45) is -0.183. The molecule has 0 saturated carbocycles. The second-order valence-electron chi connectivity index (χ2n) is 5.12. The monoisotopic (exact) mass is 307 g/mol. The van der Waals surface area contributed by atoms with Crippen molar-refractivity contribution in [2.24, 2.45) is 0 Å². The van der Waals surface area contributed by atoms with Gasteiger partial charge in [0.15, 0.2) is 0 Å². The Bertz CT molecular complexity index is 654. The number of carboxylic acids is 1. The van der Waals surface area contributed by atoms with Gasteiger partial charge in [0.2, 0.25) is 0 Å². The molecule has 1 aromatic carbocycles. The molecular weight excluding hydrogens is 290 g/mol. The Morgan fingerprint density at radius 1 is 1.43 bits per heavy atom. The highest BCUT2D eigenvalue weighted by molar-refractivity contribution is 7.21. The van der Waals surface area contributed by atoms with Crippen LogP contribution in [0, 0.1) is 0 Å². The predicted octanol–water partition coefficient (Wildman–Crippen LogP) is 1.79. The fraction of sp³-hybridized carbons (Fsp3) is 0.400. The molecule has 1 atom stereocenters. The summed E-state index contributed by atoms with van der Waals surface area (Å²) in [5.74, 6) is -0.877. The lowest BCUT2D eigenvalue weighted by molar-refractivity contribution is -0.0550. The van der Waals surface area contributed by atoms with Crippen LogP contribution in [0.3, 0.4) is 0 Å². The van der Waals surface area contributed by atoms with Crippen LogP contribution in [0.4, 0.5) is 0 Å². The number of benzene rings is 1. The molecule has 3 rings (SSSR count). The smallest absolute Gasteiger partial charge is 0.346 e. The van der Waals surface area contributed by atoms with Crippen molar-refractivity contribution < 1.29 is 19.7 Å². The molecule has 0 radical (unpaired) electrons. The average Bonchev–Trinajstić information content (AvgIpc) is 2.87. The van der Waals surface area contributed by atoms with Crippen molar-refractivity contribution in [3.05, 3.63) is 34.7 Å². The molecule has 2 aromatic rings. The maximum absolute atomic E-state index is 11.5. The van der Waals surface area contributed by atoms with Gasteiger partial charge in [-0.2, -0.15) is 0 Å². The first-order valence-corrected chi connectivity index (χ1v) is 7.69. The summed E-state index contributed by atoms with van der Waals surface area (Å²) in [6.45, 7) is 2.51. The Balaban J connectivity index is 1.91. The second kappa shape index (κ2) is 6.11. The maximum Gasteiger partial charge on any atom is 0.346 e. The van der Waals surface area contributed by atoms with E-state index in [0.717, 1.165) is 22.2 Å². The lowest BCUT2D eigenvalue weighted by Crippen LogP contribution is -2.43. The Morgan fingerprint density at radius 2 is 2.24 bits per heavy atom. The summed E-state index contributed by atoms with van der Waals surface area (Å²) in [4.78, 5) is 14.0. The minimum absolute atomic E-state index is 0.00727. The van der Waals surface area contributed by atoms with Gasteiger partial charge in [0.1, 0.15) is 4.88 Å². The number of morpholine rings is 1. The Labute approximate surface area is 126 Å². The summed E-state index contributed by atoms with van der Waals surface area (Å²) in [5.41, 5.74) is 0.863. The fourth-order valence-corrected chi connectivity index (χ4v) is 3.74. The van der Waals surface area contributed by atoms with E-state index in [1.165, 1.54) is 11.3 Å². The molecular formula is C15H17NO4S. The third-order valence-electron chi connectivity index (χ3n) is 3.70. The first kappa shape index (κ1) is 14.5. The van der Waals surface area contributed by atoms with E-state index in [-0.39, 0.29) is 12.7 Å². The van der Waals surface area contributed by atoms with E-state index in [2.05, 4.69) is 4.90 Å². The SMILES string of the molecule is O=C(O)c1sc2ccccc2c1CN1CCOC(CO)C1. The number of nitrogens with zero attached hydrogens (tertiary/aromatic N) is 1. The first-order valence-electron chi connectivity index (χ1n) is 6.87. The average molecular weight is 307 g/mol. The van der Waals surface area contributed by atoms with Crippen LogP contribution < -0.4 is 0 Å². The Morgan fingerprint density at radius 3 is 3.00 bits per heavy atom. The summed E-state index contributed by atoms with van der Waals surface area (Å²) < 4.78 is 6.43. The molecule has 2 heterocycles. The molecule has 0 spiro atoms. The van der Waals surface area contributed by atoms with Gasteiger partial charge in [-0.25, -0.2) is 4.79 Å². The molecule has 6 heteroatoms. The molecule has 0 aliphatic carbocycles. The molecule has 1 saturated heterocycles. The highest BCUT2D eigenvalue weighted by Gasteiger charge is 2.24. The lowest BCUT2D eigenvalue weighted by atomic mass is 10.1. The van der Waals surface area contributed by atoms with E-state index in [1.54, 1.807) is 0 Å².